The molecule has 2 aromatic carbocycles. The quantitative estimate of drug-likeness (QED) is 0.559. The number of para-hydroxylation sites is 1. The number of carbonyl (C=O) groups excluding carboxylic acids is 1. The van der Waals surface area contributed by atoms with Gasteiger partial charge in [0.15, 0.2) is 0 Å². The summed E-state index contributed by atoms with van der Waals surface area (Å²) in [5, 5.41) is 5.54. The molecule has 1 amide bonds. The molecular formula is C23H23N3O2. The number of hydrogen-bond donors (Lipinski definition) is 2. The Kier molecular flexibility index (Phi) is 4.08. The Bertz CT molecular complexity index is 1170. The van der Waals surface area contributed by atoms with Crippen LogP contribution in [0.1, 0.15) is 30.1 Å². The van der Waals surface area contributed by atoms with Crippen LogP contribution in [0.15, 0.2) is 54.7 Å². The Morgan fingerprint density at radius 3 is 2.96 bits per heavy atom. The Morgan fingerprint density at radius 2 is 2.07 bits per heavy atom. The van der Waals surface area contributed by atoms with Crippen LogP contribution in [0, 0.1) is 0 Å². The van der Waals surface area contributed by atoms with Crippen LogP contribution in [0.2, 0.25) is 0 Å². The zero-order chi connectivity index (χ0) is 19.1. The molecule has 0 aliphatic heterocycles. The largest absolute Gasteiger partial charge is 0.496 e. The Morgan fingerprint density at radius 1 is 1.18 bits per heavy atom. The predicted molar refractivity (Wildman–Crippen MR) is 111 cm³/mol. The van der Waals surface area contributed by atoms with Gasteiger partial charge in [0.2, 0.25) is 5.91 Å². The lowest BCUT2D eigenvalue weighted by Gasteiger charge is -2.24. The number of amides is 1. The molecule has 2 heterocycles. The molecule has 1 aliphatic carbocycles. The Labute approximate surface area is 163 Å². The molecule has 5 nitrogen and oxygen atoms in total. The van der Waals surface area contributed by atoms with Crippen LogP contribution >= 0.6 is 0 Å². The average molecular weight is 373 g/mol. The maximum absolute atomic E-state index is 12.8. The van der Waals surface area contributed by atoms with Crippen molar-refractivity contribution in [3.8, 4) is 5.75 Å². The van der Waals surface area contributed by atoms with Gasteiger partial charge in [-0.15, -0.1) is 0 Å². The van der Waals surface area contributed by atoms with Gasteiger partial charge in [0.1, 0.15) is 12.3 Å². The number of nitrogens with zero attached hydrogens (tertiary/aromatic N) is 1. The van der Waals surface area contributed by atoms with Gasteiger partial charge in [-0.2, -0.15) is 0 Å². The van der Waals surface area contributed by atoms with E-state index in [0.29, 0.717) is 6.54 Å². The second-order valence-corrected chi connectivity index (χ2v) is 7.41. The summed E-state index contributed by atoms with van der Waals surface area (Å²) in [5.74, 6) is 0.850. The number of benzene rings is 2. The van der Waals surface area contributed by atoms with Crippen molar-refractivity contribution in [1.29, 1.82) is 0 Å². The normalized spacial score (nSPS) is 16.2. The van der Waals surface area contributed by atoms with Gasteiger partial charge in [0, 0.05) is 28.2 Å². The van der Waals surface area contributed by atoms with Crippen LogP contribution in [-0.2, 0) is 17.8 Å². The Balaban J connectivity index is 1.39. The third kappa shape index (κ3) is 2.74. The molecule has 4 aromatic rings. The van der Waals surface area contributed by atoms with E-state index < -0.39 is 0 Å². The number of fused-ring (bicyclic) bond motifs is 4. The van der Waals surface area contributed by atoms with E-state index in [1.165, 1.54) is 16.6 Å². The van der Waals surface area contributed by atoms with Crippen molar-refractivity contribution in [1.82, 2.24) is 14.9 Å². The first kappa shape index (κ1) is 16.9. The zero-order valence-corrected chi connectivity index (χ0v) is 15.9. The van der Waals surface area contributed by atoms with E-state index in [2.05, 4.69) is 28.5 Å². The number of aromatic amines is 1. The van der Waals surface area contributed by atoms with Crippen LogP contribution in [0.3, 0.4) is 0 Å². The molecule has 2 aromatic heterocycles. The van der Waals surface area contributed by atoms with Crippen LogP contribution in [-0.4, -0.2) is 22.6 Å². The number of aryl methyl sites for hydroxylation is 1. The van der Waals surface area contributed by atoms with Crippen LogP contribution in [0.4, 0.5) is 0 Å². The lowest BCUT2D eigenvalue weighted by Crippen LogP contribution is -2.33. The second kappa shape index (κ2) is 6.75. The maximum Gasteiger partial charge on any atom is 0.240 e. The lowest BCUT2D eigenvalue weighted by molar-refractivity contribution is -0.122. The van der Waals surface area contributed by atoms with Crippen molar-refractivity contribution in [2.45, 2.75) is 31.8 Å². The van der Waals surface area contributed by atoms with Crippen molar-refractivity contribution in [3.05, 3.63) is 66.0 Å². The molecule has 0 radical (unpaired) electrons. The first-order valence-corrected chi connectivity index (χ1v) is 9.75. The minimum atomic E-state index is 0.0248. The minimum Gasteiger partial charge on any atom is -0.496 e. The highest BCUT2D eigenvalue weighted by atomic mass is 16.5. The topological polar surface area (TPSA) is 59.0 Å². The fourth-order valence-corrected chi connectivity index (χ4v) is 4.47. The lowest BCUT2D eigenvalue weighted by atomic mass is 9.91. The number of nitrogens with one attached hydrogen (secondary N) is 2. The van der Waals surface area contributed by atoms with E-state index in [4.69, 9.17) is 4.74 Å². The van der Waals surface area contributed by atoms with Crippen LogP contribution in [0.25, 0.3) is 21.8 Å². The van der Waals surface area contributed by atoms with E-state index in [9.17, 15) is 4.79 Å². The molecule has 0 bridgehead atoms. The summed E-state index contributed by atoms with van der Waals surface area (Å²) in [4.78, 5) is 16.4. The van der Waals surface area contributed by atoms with Crippen molar-refractivity contribution in [2.24, 2.45) is 0 Å². The number of rotatable bonds is 4. The fourth-order valence-electron chi connectivity index (χ4n) is 4.47. The molecule has 1 atom stereocenters. The summed E-state index contributed by atoms with van der Waals surface area (Å²) < 4.78 is 7.39. The first-order chi connectivity index (χ1) is 13.7. The third-order valence-electron chi connectivity index (χ3n) is 5.76. The number of aromatic nitrogens is 2. The highest BCUT2D eigenvalue weighted by Gasteiger charge is 2.25. The van der Waals surface area contributed by atoms with Crippen molar-refractivity contribution < 1.29 is 9.53 Å². The van der Waals surface area contributed by atoms with Gasteiger partial charge in [-0.1, -0.05) is 24.3 Å². The molecule has 0 saturated heterocycles. The summed E-state index contributed by atoms with van der Waals surface area (Å²) in [7, 11) is 1.67. The van der Waals surface area contributed by atoms with Crippen LogP contribution < -0.4 is 10.1 Å². The van der Waals surface area contributed by atoms with E-state index >= 15 is 0 Å². The monoisotopic (exact) mass is 373 g/mol. The van der Waals surface area contributed by atoms with Gasteiger partial charge in [0.05, 0.1) is 18.7 Å². The van der Waals surface area contributed by atoms with E-state index in [1.807, 2.05) is 41.1 Å². The molecule has 0 saturated carbocycles. The van der Waals surface area contributed by atoms with Crippen LogP contribution in [0.5, 0.6) is 5.75 Å². The van der Waals surface area contributed by atoms with E-state index in [1.54, 1.807) is 7.11 Å². The standard InChI is InChI=1S/C23H23N3O2/c1-28-21-11-5-10-20-17(21)12-13-26(20)14-22(27)24-19-9-4-7-16-15-6-2-3-8-18(15)25-23(16)19/h2-3,5-6,8,10-13,19,25H,4,7,9,14H2,1H3,(H,24,27)/t19-/m1/s1. The number of methoxy groups -OCH3 is 1. The second-order valence-electron chi connectivity index (χ2n) is 7.41. The summed E-state index contributed by atoms with van der Waals surface area (Å²) >= 11 is 0. The summed E-state index contributed by atoms with van der Waals surface area (Å²) in [6.07, 6.45) is 5.06. The molecule has 2 N–H and O–H groups in total. The molecule has 5 rings (SSSR count). The molecule has 142 valence electrons. The molecule has 5 heteroatoms. The number of ether oxygens (including phenoxy) is 1. The number of H-pyrrole nitrogens is 1. The molecule has 1 aliphatic rings. The van der Waals surface area contributed by atoms with Crippen molar-refractivity contribution in [3.63, 3.8) is 0 Å². The summed E-state index contributed by atoms with van der Waals surface area (Å²) in [6.45, 7) is 0.294. The predicted octanol–water partition coefficient (Wildman–Crippen LogP) is 4.33. The fraction of sp³-hybridized carbons (Fsp3) is 0.261. The Hall–Kier alpha value is -3.21. The van der Waals surface area contributed by atoms with Gasteiger partial charge in [-0.25, -0.2) is 0 Å². The average Bonchev–Trinajstić information content (AvgIpc) is 3.30. The van der Waals surface area contributed by atoms with Gasteiger partial charge >= 0.3 is 0 Å². The summed E-state index contributed by atoms with van der Waals surface area (Å²) in [6, 6.07) is 16.3. The zero-order valence-electron chi connectivity index (χ0n) is 15.9. The SMILES string of the molecule is COc1cccc2c1ccn2CC(=O)N[C@@H]1CCCc2c1[nH]c1ccccc21. The molecule has 0 unspecified atom stereocenters. The van der Waals surface area contributed by atoms with Gasteiger partial charge in [-0.3, -0.25) is 4.79 Å². The molecule has 0 spiro atoms. The molecular weight excluding hydrogens is 350 g/mol. The highest BCUT2D eigenvalue weighted by Crippen LogP contribution is 2.34. The third-order valence-corrected chi connectivity index (χ3v) is 5.76. The van der Waals surface area contributed by atoms with Crippen molar-refractivity contribution >= 4 is 27.7 Å². The van der Waals surface area contributed by atoms with Crippen molar-refractivity contribution in [2.75, 3.05) is 7.11 Å². The molecule has 28 heavy (non-hydrogen) atoms. The smallest absolute Gasteiger partial charge is 0.240 e. The minimum absolute atomic E-state index is 0.0248. The number of carbonyl (C=O) groups is 1. The number of hydrogen-bond acceptors (Lipinski definition) is 2. The first-order valence-electron chi connectivity index (χ1n) is 9.75. The molecule has 0 fully saturated rings. The van der Waals surface area contributed by atoms with Gasteiger partial charge in [0.25, 0.3) is 0 Å². The summed E-state index contributed by atoms with van der Waals surface area (Å²) in [5.41, 5.74) is 4.67. The van der Waals surface area contributed by atoms with Gasteiger partial charge in [-0.05, 0) is 49.1 Å². The highest BCUT2D eigenvalue weighted by molar-refractivity contribution is 5.88. The maximum atomic E-state index is 12.8. The van der Waals surface area contributed by atoms with Gasteiger partial charge < -0.3 is 19.6 Å². The van der Waals surface area contributed by atoms with E-state index in [-0.39, 0.29) is 11.9 Å². The van der Waals surface area contributed by atoms with E-state index in [0.717, 1.165) is 41.4 Å².